The van der Waals surface area contributed by atoms with Crippen LogP contribution in [-0.4, -0.2) is 22.9 Å². The van der Waals surface area contributed by atoms with Crippen molar-refractivity contribution >= 4 is 21.7 Å². The first-order valence-corrected chi connectivity index (χ1v) is 7.18. The highest BCUT2D eigenvalue weighted by Crippen LogP contribution is 2.28. The van der Waals surface area contributed by atoms with E-state index in [4.69, 9.17) is 0 Å². The molecule has 0 aromatic carbocycles. The van der Waals surface area contributed by atoms with E-state index in [-0.39, 0.29) is 0 Å². The van der Waals surface area contributed by atoms with Crippen molar-refractivity contribution in [1.82, 2.24) is 4.98 Å². The lowest BCUT2D eigenvalue weighted by atomic mass is 9.91. The first kappa shape index (κ1) is 11.9. The highest BCUT2D eigenvalue weighted by molar-refractivity contribution is 9.09. The molecular formula is C13H19BrN2. The Bertz CT molecular complexity index is 319. The number of hydrogen-bond acceptors (Lipinski definition) is 2. The largest absolute Gasteiger partial charge is 0.354 e. The molecule has 1 heterocycles. The third-order valence-electron chi connectivity index (χ3n) is 3.24. The van der Waals surface area contributed by atoms with Crippen molar-refractivity contribution in [1.29, 1.82) is 0 Å². The maximum atomic E-state index is 4.55. The van der Waals surface area contributed by atoms with Crippen LogP contribution >= 0.6 is 15.9 Å². The average Bonchev–Trinajstić information content (AvgIpc) is 2.23. The Balaban J connectivity index is 2.07. The van der Waals surface area contributed by atoms with Gasteiger partial charge in [-0.15, -0.1) is 0 Å². The second-order valence-corrected chi connectivity index (χ2v) is 5.31. The van der Waals surface area contributed by atoms with Crippen molar-refractivity contribution in [2.24, 2.45) is 0 Å². The van der Waals surface area contributed by atoms with Gasteiger partial charge in [0.15, 0.2) is 0 Å². The van der Waals surface area contributed by atoms with Crippen LogP contribution in [0, 0.1) is 6.92 Å². The van der Waals surface area contributed by atoms with Crippen LogP contribution in [-0.2, 0) is 0 Å². The monoisotopic (exact) mass is 282 g/mol. The minimum Gasteiger partial charge on any atom is -0.354 e. The van der Waals surface area contributed by atoms with Gasteiger partial charge in [-0.1, -0.05) is 22.0 Å². The molecule has 2 rings (SSSR count). The van der Waals surface area contributed by atoms with Gasteiger partial charge < -0.3 is 4.90 Å². The third kappa shape index (κ3) is 2.76. The molecule has 1 aliphatic rings. The van der Waals surface area contributed by atoms with Gasteiger partial charge in [0.2, 0.25) is 0 Å². The molecule has 0 aliphatic heterocycles. The fourth-order valence-electron chi connectivity index (χ4n) is 2.04. The molecule has 88 valence electrons. The minimum absolute atomic E-state index is 0.731. The molecule has 1 aromatic heterocycles. The lowest BCUT2D eigenvalue weighted by molar-refractivity contribution is 0.384. The molecule has 0 atom stereocenters. The summed E-state index contributed by atoms with van der Waals surface area (Å²) in [7, 11) is 0. The van der Waals surface area contributed by atoms with E-state index in [9.17, 15) is 0 Å². The Hall–Kier alpha value is -0.570. The second-order valence-electron chi connectivity index (χ2n) is 4.51. The fraction of sp³-hybridized carbons (Fsp3) is 0.615. The molecule has 0 spiro atoms. The maximum Gasteiger partial charge on any atom is 0.128 e. The predicted octanol–water partition coefficient (Wildman–Crippen LogP) is 3.53. The Morgan fingerprint density at radius 2 is 2.25 bits per heavy atom. The SMILES string of the molecule is Cc1ccc(N(CCCBr)C2CCC2)nc1. The van der Waals surface area contributed by atoms with Crippen LogP contribution in [0.25, 0.3) is 0 Å². The molecule has 0 unspecified atom stereocenters. The summed E-state index contributed by atoms with van der Waals surface area (Å²) in [6.45, 7) is 3.20. The molecule has 1 aromatic rings. The van der Waals surface area contributed by atoms with Gasteiger partial charge >= 0.3 is 0 Å². The van der Waals surface area contributed by atoms with Gasteiger partial charge in [-0.3, -0.25) is 0 Å². The summed E-state index contributed by atoms with van der Waals surface area (Å²) >= 11 is 3.50. The molecule has 0 bridgehead atoms. The second kappa shape index (κ2) is 5.67. The van der Waals surface area contributed by atoms with Crippen LogP contribution < -0.4 is 4.90 Å². The summed E-state index contributed by atoms with van der Waals surface area (Å²) in [5, 5.41) is 1.07. The Morgan fingerprint density at radius 3 is 2.75 bits per heavy atom. The number of hydrogen-bond donors (Lipinski definition) is 0. The Morgan fingerprint density at radius 1 is 1.44 bits per heavy atom. The van der Waals surface area contributed by atoms with Gasteiger partial charge in [0.1, 0.15) is 5.82 Å². The number of alkyl halides is 1. The van der Waals surface area contributed by atoms with Crippen LogP contribution in [0.3, 0.4) is 0 Å². The lowest BCUT2D eigenvalue weighted by Crippen LogP contribution is -2.41. The van der Waals surface area contributed by atoms with Gasteiger partial charge in [0.25, 0.3) is 0 Å². The van der Waals surface area contributed by atoms with Gasteiger partial charge in [0, 0.05) is 24.1 Å². The zero-order valence-electron chi connectivity index (χ0n) is 9.82. The number of nitrogens with zero attached hydrogens (tertiary/aromatic N) is 2. The summed E-state index contributed by atoms with van der Waals surface area (Å²) in [6.07, 6.45) is 7.19. The molecular weight excluding hydrogens is 264 g/mol. The number of pyridine rings is 1. The van der Waals surface area contributed by atoms with E-state index in [0.29, 0.717) is 0 Å². The molecule has 1 saturated carbocycles. The number of rotatable bonds is 5. The smallest absolute Gasteiger partial charge is 0.128 e. The van der Waals surface area contributed by atoms with Gasteiger partial charge in [-0.2, -0.15) is 0 Å². The summed E-state index contributed by atoms with van der Waals surface area (Å²) in [5.41, 5.74) is 1.23. The zero-order chi connectivity index (χ0) is 11.4. The average molecular weight is 283 g/mol. The van der Waals surface area contributed by atoms with Crippen molar-refractivity contribution in [3.05, 3.63) is 23.9 Å². The van der Waals surface area contributed by atoms with Crippen LogP contribution in [0.4, 0.5) is 5.82 Å². The highest BCUT2D eigenvalue weighted by atomic mass is 79.9. The van der Waals surface area contributed by atoms with E-state index in [1.807, 2.05) is 6.20 Å². The van der Waals surface area contributed by atoms with Crippen molar-refractivity contribution in [3.8, 4) is 0 Å². The highest BCUT2D eigenvalue weighted by Gasteiger charge is 2.25. The number of anilines is 1. The lowest BCUT2D eigenvalue weighted by Gasteiger charge is -2.38. The van der Waals surface area contributed by atoms with E-state index in [1.165, 1.54) is 31.2 Å². The van der Waals surface area contributed by atoms with Crippen molar-refractivity contribution in [2.45, 2.75) is 38.6 Å². The first-order valence-electron chi connectivity index (χ1n) is 6.06. The summed E-state index contributed by atoms with van der Waals surface area (Å²) in [4.78, 5) is 7.02. The molecule has 1 fully saturated rings. The van der Waals surface area contributed by atoms with Crippen LogP contribution in [0.1, 0.15) is 31.2 Å². The van der Waals surface area contributed by atoms with Crippen LogP contribution in [0.5, 0.6) is 0 Å². The minimum atomic E-state index is 0.731. The predicted molar refractivity (Wildman–Crippen MR) is 72.4 cm³/mol. The third-order valence-corrected chi connectivity index (χ3v) is 3.80. The van der Waals surface area contributed by atoms with Gasteiger partial charge in [0.05, 0.1) is 0 Å². The van der Waals surface area contributed by atoms with Gasteiger partial charge in [-0.25, -0.2) is 4.98 Å². The van der Waals surface area contributed by atoms with Crippen molar-refractivity contribution < 1.29 is 0 Å². The molecule has 0 radical (unpaired) electrons. The number of aromatic nitrogens is 1. The van der Waals surface area contributed by atoms with E-state index >= 15 is 0 Å². The van der Waals surface area contributed by atoms with Gasteiger partial charge in [-0.05, 0) is 44.2 Å². The van der Waals surface area contributed by atoms with E-state index in [1.54, 1.807) is 0 Å². The quantitative estimate of drug-likeness (QED) is 0.768. The standard InChI is InChI=1S/C13H19BrN2/c1-11-6-7-13(15-10-11)16(9-3-8-14)12-4-2-5-12/h6-7,10,12H,2-5,8-9H2,1H3. The van der Waals surface area contributed by atoms with Crippen molar-refractivity contribution in [3.63, 3.8) is 0 Å². The fourth-order valence-corrected chi connectivity index (χ4v) is 2.29. The summed E-state index contributed by atoms with van der Waals surface area (Å²) in [6, 6.07) is 5.04. The topological polar surface area (TPSA) is 16.1 Å². The molecule has 1 aliphatic carbocycles. The molecule has 16 heavy (non-hydrogen) atoms. The molecule has 2 nitrogen and oxygen atoms in total. The number of aryl methyl sites for hydroxylation is 1. The summed E-state index contributed by atoms with van der Waals surface area (Å²) in [5.74, 6) is 1.15. The first-order chi connectivity index (χ1) is 7.81. The maximum absolute atomic E-state index is 4.55. The normalized spacial score (nSPS) is 15.9. The molecule has 0 amide bonds. The Labute approximate surface area is 106 Å². The van der Waals surface area contributed by atoms with Crippen molar-refractivity contribution in [2.75, 3.05) is 16.8 Å². The molecule has 0 N–H and O–H groups in total. The molecule has 3 heteroatoms. The van der Waals surface area contributed by atoms with E-state index in [2.05, 4.69) is 44.9 Å². The van der Waals surface area contributed by atoms with E-state index < -0.39 is 0 Å². The van der Waals surface area contributed by atoms with Crippen LogP contribution in [0.2, 0.25) is 0 Å². The van der Waals surface area contributed by atoms with E-state index in [0.717, 1.165) is 23.7 Å². The number of halogens is 1. The Kier molecular flexibility index (Phi) is 4.22. The zero-order valence-corrected chi connectivity index (χ0v) is 11.4. The van der Waals surface area contributed by atoms with Crippen LogP contribution in [0.15, 0.2) is 18.3 Å². The molecule has 0 saturated heterocycles. The summed E-state index contributed by atoms with van der Waals surface area (Å²) < 4.78 is 0.